The van der Waals surface area contributed by atoms with Crippen molar-refractivity contribution in [3.8, 4) is 11.5 Å². The maximum absolute atomic E-state index is 5.90. The van der Waals surface area contributed by atoms with Crippen LogP contribution in [0.4, 0.5) is 0 Å². The summed E-state index contributed by atoms with van der Waals surface area (Å²) in [5.74, 6) is 1.82. The zero-order chi connectivity index (χ0) is 18.3. The lowest BCUT2D eigenvalue weighted by Crippen LogP contribution is -2.44. The molecule has 134 valence electrons. The Labute approximate surface area is 149 Å². The van der Waals surface area contributed by atoms with Crippen molar-refractivity contribution in [3.63, 3.8) is 0 Å². The molecule has 0 saturated carbocycles. The Morgan fingerprint density at radius 2 is 1.76 bits per heavy atom. The second-order valence-corrected chi connectivity index (χ2v) is 6.84. The first-order valence-corrected chi connectivity index (χ1v) is 8.29. The summed E-state index contributed by atoms with van der Waals surface area (Å²) in [7, 11) is 1.63. The molecule has 3 N–H and O–H groups in total. The molecule has 0 saturated heterocycles. The molecule has 2 aromatic rings. The normalized spacial score (nSPS) is 11.9. The Morgan fingerprint density at radius 1 is 1.04 bits per heavy atom. The van der Waals surface area contributed by atoms with Crippen molar-refractivity contribution in [2.45, 2.75) is 39.5 Å². The molecule has 0 fully saturated rings. The van der Waals surface area contributed by atoms with Gasteiger partial charge in [0.05, 0.1) is 13.7 Å². The smallest absolute Gasteiger partial charge is 0.189 e. The Bertz CT molecular complexity index is 707. The van der Waals surface area contributed by atoms with Crippen molar-refractivity contribution in [3.05, 3.63) is 59.7 Å². The average Bonchev–Trinajstić information content (AvgIpc) is 2.58. The highest BCUT2D eigenvalue weighted by molar-refractivity contribution is 5.78. The fourth-order valence-corrected chi connectivity index (χ4v) is 2.27. The first-order chi connectivity index (χ1) is 11.9. The van der Waals surface area contributed by atoms with E-state index in [1.807, 2.05) is 69.3 Å². The fraction of sp³-hybridized carbons (Fsp3) is 0.350. The molecular weight excluding hydrogens is 314 g/mol. The number of nitrogens with one attached hydrogen (secondary N) is 1. The van der Waals surface area contributed by atoms with Crippen LogP contribution >= 0.6 is 0 Å². The van der Waals surface area contributed by atoms with Gasteiger partial charge in [-0.3, -0.25) is 0 Å². The molecule has 0 atom stereocenters. The number of ether oxygens (including phenoxy) is 2. The maximum Gasteiger partial charge on any atom is 0.189 e. The van der Waals surface area contributed by atoms with Crippen LogP contribution in [-0.4, -0.2) is 18.6 Å². The number of nitrogens with zero attached hydrogens (tertiary/aromatic N) is 1. The third-order valence-corrected chi connectivity index (χ3v) is 3.40. The van der Waals surface area contributed by atoms with Gasteiger partial charge in [-0.15, -0.1) is 0 Å². The zero-order valence-electron chi connectivity index (χ0n) is 15.4. The van der Waals surface area contributed by atoms with E-state index in [9.17, 15) is 0 Å². The molecule has 0 bridgehead atoms. The number of guanidine groups is 1. The average molecular weight is 341 g/mol. The van der Waals surface area contributed by atoms with Gasteiger partial charge in [-0.25, -0.2) is 4.99 Å². The predicted octanol–water partition coefficient (Wildman–Crippen LogP) is 3.48. The minimum Gasteiger partial charge on any atom is -0.493 e. The Morgan fingerprint density at radius 3 is 2.40 bits per heavy atom. The Balaban J connectivity index is 2.02. The summed E-state index contributed by atoms with van der Waals surface area (Å²) >= 11 is 0. The lowest BCUT2D eigenvalue weighted by atomic mass is 10.1. The molecular formula is C20H27N3O2. The van der Waals surface area contributed by atoms with Gasteiger partial charge in [0.1, 0.15) is 6.61 Å². The van der Waals surface area contributed by atoms with Crippen LogP contribution in [-0.2, 0) is 13.2 Å². The highest BCUT2D eigenvalue weighted by Crippen LogP contribution is 2.29. The minimum atomic E-state index is -0.111. The molecule has 0 unspecified atom stereocenters. The molecule has 5 heteroatoms. The van der Waals surface area contributed by atoms with Crippen LogP contribution in [0.2, 0.25) is 0 Å². The third kappa shape index (κ3) is 6.37. The molecule has 0 aliphatic rings. The van der Waals surface area contributed by atoms with E-state index in [-0.39, 0.29) is 5.54 Å². The fourth-order valence-electron chi connectivity index (χ4n) is 2.27. The molecule has 0 aliphatic heterocycles. The predicted molar refractivity (Wildman–Crippen MR) is 102 cm³/mol. The molecule has 0 radical (unpaired) electrons. The number of methoxy groups -OCH3 is 1. The van der Waals surface area contributed by atoms with Gasteiger partial charge in [-0.05, 0) is 44.0 Å². The van der Waals surface area contributed by atoms with E-state index in [1.54, 1.807) is 7.11 Å². The molecule has 0 heterocycles. The number of nitrogens with two attached hydrogens (primary N) is 1. The van der Waals surface area contributed by atoms with E-state index in [0.29, 0.717) is 30.6 Å². The van der Waals surface area contributed by atoms with Crippen LogP contribution in [0.25, 0.3) is 0 Å². The zero-order valence-corrected chi connectivity index (χ0v) is 15.4. The molecule has 2 rings (SSSR count). The molecule has 5 nitrogen and oxygen atoms in total. The summed E-state index contributed by atoms with van der Waals surface area (Å²) in [6, 6.07) is 15.8. The minimum absolute atomic E-state index is 0.111. The van der Waals surface area contributed by atoms with E-state index in [0.717, 1.165) is 11.1 Å². The topological polar surface area (TPSA) is 68.9 Å². The molecule has 0 amide bonds. The summed E-state index contributed by atoms with van der Waals surface area (Å²) in [6.07, 6.45) is 0. The number of benzene rings is 2. The lowest BCUT2D eigenvalue weighted by molar-refractivity contribution is 0.284. The number of aliphatic imine (C=N–C) groups is 1. The van der Waals surface area contributed by atoms with Crippen molar-refractivity contribution in [2.75, 3.05) is 7.11 Å². The van der Waals surface area contributed by atoms with Gasteiger partial charge in [0.2, 0.25) is 0 Å². The van der Waals surface area contributed by atoms with Gasteiger partial charge in [0, 0.05) is 5.54 Å². The second kappa shape index (κ2) is 8.42. The van der Waals surface area contributed by atoms with E-state index < -0.39 is 0 Å². The Kier molecular flexibility index (Phi) is 6.28. The number of hydrogen-bond acceptors (Lipinski definition) is 3. The third-order valence-electron chi connectivity index (χ3n) is 3.40. The summed E-state index contributed by atoms with van der Waals surface area (Å²) in [6.45, 7) is 7.09. The number of hydrogen-bond donors (Lipinski definition) is 2. The van der Waals surface area contributed by atoms with Crippen LogP contribution in [0.1, 0.15) is 31.9 Å². The van der Waals surface area contributed by atoms with E-state index in [1.165, 1.54) is 0 Å². The second-order valence-electron chi connectivity index (χ2n) is 6.84. The standard InChI is InChI=1S/C20H27N3O2/c1-20(2,3)23-19(21)22-13-16-10-11-17(18(12-16)24-4)25-14-15-8-6-5-7-9-15/h5-12H,13-14H2,1-4H3,(H3,21,22,23). The van der Waals surface area contributed by atoms with E-state index in [2.05, 4.69) is 10.3 Å². The van der Waals surface area contributed by atoms with Gasteiger partial charge < -0.3 is 20.5 Å². The molecule has 0 aromatic heterocycles. The van der Waals surface area contributed by atoms with Crippen LogP contribution in [0, 0.1) is 0 Å². The monoisotopic (exact) mass is 341 g/mol. The quantitative estimate of drug-likeness (QED) is 0.623. The van der Waals surface area contributed by atoms with Crippen LogP contribution in [0.5, 0.6) is 11.5 Å². The van der Waals surface area contributed by atoms with E-state index in [4.69, 9.17) is 15.2 Å². The molecule has 2 aromatic carbocycles. The first kappa shape index (κ1) is 18.6. The van der Waals surface area contributed by atoms with Gasteiger partial charge in [-0.1, -0.05) is 36.4 Å². The van der Waals surface area contributed by atoms with Gasteiger partial charge >= 0.3 is 0 Å². The van der Waals surface area contributed by atoms with Gasteiger partial charge in [0.15, 0.2) is 17.5 Å². The summed E-state index contributed by atoms with van der Waals surface area (Å²) < 4.78 is 11.3. The Hall–Kier alpha value is -2.69. The van der Waals surface area contributed by atoms with Crippen molar-refractivity contribution >= 4 is 5.96 Å². The highest BCUT2D eigenvalue weighted by Gasteiger charge is 2.10. The molecule has 0 aliphatic carbocycles. The summed E-state index contributed by atoms with van der Waals surface area (Å²) in [4.78, 5) is 4.37. The van der Waals surface area contributed by atoms with E-state index >= 15 is 0 Å². The molecule has 0 spiro atoms. The van der Waals surface area contributed by atoms with Crippen LogP contribution in [0.15, 0.2) is 53.5 Å². The van der Waals surface area contributed by atoms with Gasteiger partial charge in [0.25, 0.3) is 0 Å². The lowest BCUT2D eigenvalue weighted by Gasteiger charge is -2.21. The van der Waals surface area contributed by atoms with Crippen molar-refractivity contribution in [1.82, 2.24) is 5.32 Å². The first-order valence-electron chi connectivity index (χ1n) is 8.29. The van der Waals surface area contributed by atoms with Crippen molar-refractivity contribution in [2.24, 2.45) is 10.7 Å². The molecule has 25 heavy (non-hydrogen) atoms. The largest absolute Gasteiger partial charge is 0.493 e. The summed E-state index contributed by atoms with van der Waals surface area (Å²) in [5, 5.41) is 3.14. The van der Waals surface area contributed by atoms with Crippen LogP contribution < -0.4 is 20.5 Å². The number of rotatable bonds is 6. The van der Waals surface area contributed by atoms with Crippen LogP contribution in [0.3, 0.4) is 0 Å². The van der Waals surface area contributed by atoms with Crippen molar-refractivity contribution in [1.29, 1.82) is 0 Å². The summed E-state index contributed by atoms with van der Waals surface area (Å²) in [5.41, 5.74) is 7.91. The SMILES string of the molecule is COc1cc(CN=C(N)NC(C)(C)C)ccc1OCc1ccccc1. The van der Waals surface area contributed by atoms with Crippen molar-refractivity contribution < 1.29 is 9.47 Å². The van der Waals surface area contributed by atoms with Gasteiger partial charge in [-0.2, -0.15) is 0 Å². The maximum atomic E-state index is 5.90. The highest BCUT2D eigenvalue weighted by atomic mass is 16.5.